The topological polar surface area (TPSA) is 154 Å². The van der Waals surface area contributed by atoms with E-state index in [2.05, 4.69) is 188 Å². The third-order valence-electron chi connectivity index (χ3n) is 19.1. The molecule has 91 heavy (non-hydrogen) atoms. The third kappa shape index (κ3) is 17.8. The summed E-state index contributed by atoms with van der Waals surface area (Å²) in [6.45, 7) is 18.5. The molecule has 8 aromatic carbocycles. The molecule has 1 amide bonds. The molecule has 13 rings (SSSR count). The van der Waals surface area contributed by atoms with E-state index in [0.717, 1.165) is 67.9 Å². The molecule has 1 heterocycles. The molecule has 3 N–H and O–H groups in total. The molecule has 0 spiro atoms. The Bertz CT molecular complexity index is 3760. The first-order valence-corrected chi connectivity index (χ1v) is 35.4. The zero-order valence-corrected chi connectivity index (χ0v) is 56.0. The van der Waals surface area contributed by atoms with Gasteiger partial charge in [0.1, 0.15) is 27.4 Å². The van der Waals surface area contributed by atoms with Gasteiger partial charge >= 0.3 is 0 Å². The van der Waals surface area contributed by atoms with E-state index in [1.54, 1.807) is 12.1 Å². The Morgan fingerprint density at radius 2 is 1.08 bits per heavy atom. The van der Waals surface area contributed by atoms with E-state index in [1.165, 1.54) is 104 Å². The maximum Gasteiger partial charge on any atom is 0.262 e. The van der Waals surface area contributed by atoms with Crippen molar-refractivity contribution in [2.75, 3.05) is 25.1 Å². The Hall–Kier alpha value is -7.32. The molecule has 4 fully saturated rings. The summed E-state index contributed by atoms with van der Waals surface area (Å²) in [5.41, 5.74) is 6.85. The highest BCUT2D eigenvalue weighted by Gasteiger charge is 2.52. The fourth-order valence-corrected chi connectivity index (χ4v) is 16.4. The Labute approximate surface area is 543 Å². The van der Waals surface area contributed by atoms with E-state index in [-0.39, 0.29) is 46.2 Å². The zero-order valence-electron chi connectivity index (χ0n) is 54.4. The molecule has 10 nitrogen and oxygen atoms in total. The second-order valence-corrected chi connectivity index (χ2v) is 29.5. The van der Waals surface area contributed by atoms with Gasteiger partial charge in [0.15, 0.2) is 20.9 Å². The lowest BCUT2D eigenvalue weighted by Crippen LogP contribution is -2.50. The molecule has 0 saturated heterocycles. The summed E-state index contributed by atoms with van der Waals surface area (Å²) in [7, 11) is -4.51. The summed E-state index contributed by atoms with van der Waals surface area (Å²) in [5.74, 6) is 5.91. The van der Waals surface area contributed by atoms with Gasteiger partial charge in [-0.3, -0.25) is 4.79 Å². The number of phenols is 1. The Balaban J connectivity index is 0.000000152. The van der Waals surface area contributed by atoms with Gasteiger partial charge in [0.2, 0.25) is 6.29 Å². The quantitative estimate of drug-likeness (QED) is 0.0362. The van der Waals surface area contributed by atoms with Crippen molar-refractivity contribution in [3.8, 4) is 22.1 Å². The fraction of sp³-hybridized carbons (Fsp3) is 0.380. The second-order valence-electron chi connectivity index (χ2n) is 26.2. The number of aliphatic hydroxyl groups is 1. The largest absolute Gasteiger partial charge is 0.744 e. The third-order valence-corrected chi connectivity index (χ3v) is 22.3. The lowest BCUT2D eigenvalue weighted by molar-refractivity contribution is -0.174. The minimum Gasteiger partial charge on any atom is -0.744 e. The SMILES string of the molecule is CCC(C)c1ccc(O)cc1.CCC(C)c1ccc(OC(OCC23CC4CC(CC(C4)C2)C3)C(C)(C)c2ccccc2)cc1.CCC(C)c1ccc(OCC(=O)Nc2ccc(S(=O)(=O)[O-])cc2)cc1.OCCc1ccc(-[s+]2c3ccccc3c3ccccc32)cc1. The fourth-order valence-electron chi connectivity index (χ4n) is 13.6. The van der Waals surface area contributed by atoms with Crippen molar-refractivity contribution >= 4 is 52.4 Å². The summed E-state index contributed by atoms with van der Waals surface area (Å²) in [6, 6.07) is 65.6. The van der Waals surface area contributed by atoms with Crippen LogP contribution in [0.4, 0.5) is 5.69 Å². The first-order chi connectivity index (χ1) is 43.8. The van der Waals surface area contributed by atoms with Crippen molar-refractivity contribution in [3.63, 3.8) is 0 Å². The number of hydrogen-bond donors (Lipinski definition) is 3. The number of nitrogens with one attached hydrogen (secondary N) is 1. The number of hydrogen-bond acceptors (Lipinski definition) is 9. The summed E-state index contributed by atoms with van der Waals surface area (Å²) >= 11 is 0. The van der Waals surface area contributed by atoms with E-state index in [0.29, 0.717) is 40.4 Å². The predicted molar refractivity (Wildman–Crippen MR) is 372 cm³/mol. The minimum absolute atomic E-state index is 0.0153. The number of rotatable bonds is 21. The van der Waals surface area contributed by atoms with Gasteiger partial charge < -0.3 is 34.3 Å². The molecule has 4 aliphatic rings. The second kappa shape index (κ2) is 31.3. The highest BCUT2D eigenvalue weighted by Crippen LogP contribution is 2.60. The van der Waals surface area contributed by atoms with Crippen molar-refractivity contribution in [2.45, 2.75) is 154 Å². The normalized spacial score (nSPS) is 18.7. The van der Waals surface area contributed by atoms with Crippen LogP contribution < -0.4 is 14.8 Å². The average Bonchev–Trinajstić information content (AvgIpc) is 1.75. The monoisotopic (exact) mass is 1260 g/mol. The summed E-state index contributed by atoms with van der Waals surface area (Å²) < 4.78 is 54.3. The summed E-state index contributed by atoms with van der Waals surface area (Å²) in [4.78, 5) is 12.9. The van der Waals surface area contributed by atoms with Gasteiger partial charge in [0.05, 0.1) is 16.9 Å². The molecule has 4 aliphatic carbocycles. The van der Waals surface area contributed by atoms with Crippen LogP contribution in [0, 0.1) is 23.2 Å². The van der Waals surface area contributed by atoms with Crippen molar-refractivity contribution in [3.05, 3.63) is 228 Å². The number of anilines is 1. The number of ether oxygens (including phenoxy) is 3. The van der Waals surface area contributed by atoms with Crippen LogP contribution >= 0.6 is 10.5 Å². The smallest absolute Gasteiger partial charge is 0.262 e. The van der Waals surface area contributed by atoms with Gasteiger partial charge in [-0.15, -0.1) is 0 Å². The number of aliphatic hydroxyl groups excluding tert-OH is 1. The number of amides is 1. The van der Waals surface area contributed by atoms with Gasteiger partial charge in [-0.1, -0.05) is 145 Å². The number of carbonyl (C=O) groups is 1. The first-order valence-electron chi connectivity index (χ1n) is 32.7. The highest BCUT2D eigenvalue weighted by molar-refractivity contribution is 7.85. The Morgan fingerprint density at radius 3 is 1.55 bits per heavy atom. The number of carbonyl (C=O) groups excluding carboxylic acids is 1. The van der Waals surface area contributed by atoms with Gasteiger partial charge in [0.25, 0.3) is 5.91 Å². The molecule has 0 radical (unpaired) electrons. The van der Waals surface area contributed by atoms with Crippen LogP contribution in [0.25, 0.3) is 25.1 Å². The molecule has 4 saturated carbocycles. The van der Waals surface area contributed by atoms with Crippen molar-refractivity contribution in [2.24, 2.45) is 23.2 Å². The zero-order chi connectivity index (χ0) is 64.7. The molecule has 4 unspecified atom stereocenters. The molecule has 0 aliphatic heterocycles. The first kappa shape index (κ1) is 68.1. The summed E-state index contributed by atoms with van der Waals surface area (Å²) in [6.07, 6.45) is 12.2. The number of fused-ring (bicyclic) bond motifs is 3. The van der Waals surface area contributed by atoms with Crippen LogP contribution in [-0.2, 0) is 31.5 Å². The van der Waals surface area contributed by atoms with Gasteiger partial charge in [-0.25, -0.2) is 8.42 Å². The maximum absolute atomic E-state index is 11.9. The number of aromatic hydroxyl groups is 1. The molecule has 480 valence electrons. The van der Waals surface area contributed by atoms with Crippen LogP contribution in [0.15, 0.2) is 205 Å². The lowest BCUT2D eigenvalue weighted by Gasteiger charge is -2.57. The van der Waals surface area contributed by atoms with E-state index < -0.39 is 10.1 Å². The van der Waals surface area contributed by atoms with Gasteiger partial charge in [-0.2, -0.15) is 0 Å². The molecular weight excluding hydrogens is 1170 g/mol. The van der Waals surface area contributed by atoms with Gasteiger partial charge in [0, 0.05) is 33.5 Å². The van der Waals surface area contributed by atoms with Crippen molar-refractivity contribution in [1.82, 2.24) is 0 Å². The van der Waals surface area contributed by atoms with Crippen LogP contribution in [0.1, 0.15) is 159 Å². The van der Waals surface area contributed by atoms with E-state index in [9.17, 15) is 17.8 Å². The van der Waals surface area contributed by atoms with E-state index in [1.807, 2.05) is 36.4 Å². The van der Waals surface area contributed by atoms with Crippen LogP contribution in [0.5, 0.6) is 17.2 Å². The highest BCUT2D eigenvalue weighted by atomic mass is 32.2. The maximum atomic E-state index is 11.9. The van der Waals surface area contributed by atoms with Crippen LogP contribution in [0.3, 0.4) is 0 Å². The minimum atomic E-state index is -4.49. The Morgan fingerprint density at radius 1 is 0.615 bits per heavy atom. The van der Waals surface area contributed by atoms with Crippen molar-refractivity contribution < 1.29 is 42.2 Å². The van der Waals surface area contributed by atoms with E-state index >= 15 is 0 Å². The summed E-state index contributed by atoms with van der Waals surface area (Å²) in [5, 5.41) is 23.4. The van der Waals surface area contributed by atoms with Gasteiger partial charge in [-0.05, 0) is 244 Å². The predicted octanol–water partition coefficient (Wildman–Crippen LogP) is 19.4. The number of thiophene rings is 1. The molecule has 1 aromatic heterocycles. The Kier molecular flexibility index (Phi) is 23.4. The van der Waals surface area contributed by atoms with Crippen molar-refractivity contribution in [1.29, 1.82) is 0 Å². The number of phenolic OH excluding ortho intramolecular Hbond substituents is 1. The molecule has 12 heteroatoms. The standard InChI is InChI=1S/C31H42O2.C20H17OS.C18H21NO5S.C10H14O/c1-5-22(2)26-11-13-28(14-12-26)33-29(30(3,4)27-9-7-6-8-10-27)32-21-31-18-23-15-24(19-31)17-25(16-23)20-31;21-14-13-15-9-11-16(12-10-15)22-19-7-3-1-5-17(19)18-6-2-4-8-20(18)22;1-3-13(2)14-4-8-16(9-5-14)24-12-18(20)19-15-6-10-17(11-7-15)25(21,22)23;1-3-8(2)9-4-6-10(11)7-5-9/h6-14,22-25,29H,5,15-21H2,1-4H3;1-12,21H,13-14H2;4-11,13H,3,12H2,1-2H3,(H,19,20)(H,21,22,23);4-8,11H,3H2,1-2H3/q;+1;;/p-1. The molecule has 9 aromatic rings. The van der Waals surface area contributed by atoms with Crippen LogP contribution in [0.2, 0.25) is 0 Å². The molecular formula is C79H93NO9S2. The number of benzene rings is 8. The molecule has 4 atom stereocenters. The van der Waals surface area contributed by atoms with Crippen LogP contribution in [-0.4, -0.2) is 55.2 Å². The lowest BCUT2D eigenvalue weighted by atomic mass is 9.50. The molecule has 4 bridgehead atoms. The average molecular weight is 1260 g/mol. The van der Waals surface area contributed by atoms with E-state index in [4.69, 9.17) is 24.4 Å².